The highest BCUT2D eigenvalue weighted by Gasteiger charge is 2.31. The molecule has 2 N–H and O–H groups in total. The Morgan fingerprint density at radius 2 is 1.79 bits per heavy atom. The monoisotopic (exact) mass is 462 g/mol. The minimum absolute atomic E-state index is 0.0636. The topological polar surface area (TPSA) is 94.6 Å². The van der Waals surface area contributed by atoms with E-state index in [2.05, 4.69) is 0 Å². The van der Waals surface area contributed by atoms with Gasteiger partial charge in [0.15, 0.2) is 11.6 Å². The van der Waals surface area contributed by atoms with Crippen LogP contribution in [0.25, 0.3) is 0 Å². The van der Waals surface area contributed by atoms with E-state index in [1.54, 1.807) is 30.3 Å². The Balaban J connectivity index is 1.60. The number of rotatable bonds is 6. The maximum absolute atomic E-state index is 13.9. The number of fused-ring (bicyclic) bond motifs is 1. The van der Waals surface area contributed by atoms with Crippen LogP contribution < -0.4 is 19.9 Å². The van der Waals surface area contributed by atoms with Crippen LogP contribution in [-0.4, -0.2) is 12.6 Å². The zero-order valence-electron chi connectivity index (χ0n) is 18.2. The standard InChI is InChI=1S/C26H20F2N2O4/c1-2-11-32-17-6-3-15(4-7-17)26(31)33-18-8-9-19-23(13-18)34-25(30)20(14-29)24(19)16-5-10-21(27)22(28)12-16/h3-10,12-13,24H,2,11,30H2,1H3. The molecule has 1 aliphatic heterocycles. The first-order valence-electron chi connectivity index (χ1n) is 10.5. The van der Waals surface area contributed by atoms with Crippen molar-refractivity contribution in [3.63, 3.8) is 0 Å². The van der Waals surface area contributed by atoms with Gasteiger partial charge in [-0.2, -0.15) is 5.26 Å². The van der Waals surface area contributed by atoms with Gasteiger partial charge in [-0.15, -0.1) is 0 Å². The van der Waals surface area contributed by atoms with E-state index in [9.17, 15) is 18.8 Å². The molecule has 1 heterocycles. The summed E-state index contributed by atoms with van der Waals surface area (Å²) in [5.41, 5.74) is 7.16. The molecule has 1 aliphatic rings. The lowest BCUT2D eigenvalue weighted by Gasteiger charge is -2.26. The summed E-state index contributed by atoms with van der Waals surface area (Å²) < 4.78 is 43.9. The average Bonchev–Trinajstić information content (AvgIpc) is 2.83. The minimum Gasteiger partial charge on any atom is -0.494 e. The van der Waals surface area contributed by atoms with Crippen LogP contribution in [0.2, 0.25) is 0 Å². The number of benzene rings is 3. The second kappa shape index (κ2) is 9.63. The summed E-state index contributed by atoms with van der Waals surface area (Å²) >= 11 is 0. The molecule has 0 bridgehead atoms. The first-order valence-corrected chi connectivity index (χ1v) is 10.5. The summed E-state index contributed by atoms with van der Waals surface area (Å²) in [6.45, 7) is 2.58. The van der Waals surface area contributed by atoms with E-state index in [1.165, 1.54) is 18.2 Å². The first kappa shape index (κ1) is 22.8. The van der Waals surface area contributed by atoms with Crippen molar-refractivity contribution < 1.29 is 27.8 Å². The molecule has 34 heavy (non-hydrogen) atoms. The van der Waals surface area contributed by atoms with Crippen LogP contribution in [0.4, 0.5) is 8.78 Å². The van der Waals surface area contributed by atoms with Gasteiger partial charge in [-0.05, 0) is 54.4 Å². The van der Waals surface area contributed by atoms with E-state index < -0.39 is 23.5 Å². The Labute approximate surface area is 194 Å². The number of nitrogens with zero attached hydrogens (tertiary/aromatic N) is 1. The zero-order valence-corrected chi connectivity index (χ0v) is 18.2. The van der Waals surface area contributed by atoms with Crippen molar-refractivity contribution in [2.24, 2.45) is 5.73 Å². The Hall–Kier alpha value is -4.38. The largest absolute Gasteiger partial charge is 0.494 e. The molecule has 0 fully saturated rings. The van der Waals surface area contributed by atoms with E-state index in [0.717, 1.165) is 18.6 Å². The number of carbonyl (C=O) groups is 1. The Morgan fingerprint density at radius 1 is 1.06 bits per heavy atom. The molecule has 1 unspecified atom stereocenters. The van der Waals surface area contributed by atoms with Crippen LogP contribution in [-0.2, 0) is 0 Å². The predicted octanol–water partition coefficient (Wildman–Crippen LogP) is 5.19. The molecule has 1 atom stereocenters. The van der Waals surface area contributed by atoms with E-state index in [1.807, 2.05) is 13.0 Å². The maximum atomic E-state index is 13.9. The molecule has 0 saturated heterocycles. The Morgan fingerprint density at radius 3 is 2.47 bits per heavy atom. The van der Waals surface area contributed by atoms with Gasteiger partial charge in [0, 0.05) is 11.6 Å². The van der Waals surface area contributed by atoms with Crippen molar-refractivity contribution in [3.8, 4) is 23.3 Å². The van der Waals surface area contributed by atoms with Gasteiger partial charge >= 0.3 is 5.97 Å². The molecular weight excluding hydrogens is 442 g/mol. The smallest absolute Gasteiger partial charge is 0.343 e. The molecular formula is C26H20F2N2O4. The van der Waals surface area contributed by atoms with Gasteiger partial charge in [0.25, 0.3) is 0 Å². The highest BCUT2D eigenvalue weighted by Crippen LogP contribution is 2.43. The van der Waals surface area contributed by atoms with Crippen molar-refractivity contribution in [3.05, 3.63) is 100 Å². The van der Waals surface area contributed by atoms with E-state index >= 15 is 0 Å². The number of nitriles is 1. The van der Waals surface area contributed by atoms with Crippen molar-refractivity contribution in [2.75, 3.05) is 6.61 Å². The van der Waals surface area contributed by atoms with Crippen molar-refractivity contribution in [1.82, 2.24) is 0 Å². The summed E-state index contributed by atoms with van der Waals surface area (Å²) in [5.74, 6) is -2.50. The van der Waals surface area contributed by atoms with Gasteiger partial charge < -0.3 is 19.9 Å². The normalized spacial score (nSPS) is 14.6. The number of allylic oxidation sites excluding steroid dienone is 1. The van der Waals surface area contributed by atoms with E-state index in [-0.39, 0.29) is 23.0 Å². The quantitative estimate of drug-likeness (QED) is 0.400. The third-order valence-electron chi connectivity index (χ3n) is 5.24. The summed E-state index contributed by atoms with van der Waals surface area (Å²) in [7, 11) is 0. The third-order valence-corrected chi connectivity index (χ3v) is 5.24. The van der Waals surface area contributed by atoms with Gasteiger partial charge in [0.2, 0.25) is 5.88 Å². The van der Waals surface area contributed by atoms with E-state index in [4.69, 9.17) is 19.9 Å². The molecule has 4 rings (SSSR count). The maximum Gasteiger partial charge on any atom is 0.343 e. The van der Waals surface area contributed by atoms with Crippen LogP contribution in [0, 0.1) is 23.0 Å². The van der Waals surface area contributed by atoms with Gasteiger partial charge in [0.1, 0.15) is 28.9 Å². The van der Waals surface area contributed by atoms with Gasteiger partial charge in [-0.1, -0.05) is 19.1 Å². The number of carbonyl (C=O) groups excluding carboxylic acids is 1. The van der Waals surface area contributed by atoms with Gasteiger partial charge in [0.05, 0.1) is 18.1 Å². The SMILES string of the molecule is CCCOc1ccc(C(=O)Oc2ccc3c(c2)OC(N)=C(C#N)C3c2ccc(F)c(F)c2)cc1. The highest BCUT2D eigenvalue weighted by atomic mass is 19.2. The summed E-state index contributed by atoms with van der Waals surface area (Å²) in [5, 5.41) is 9.60. The Bertz CT molecular complexity index is 1310. The minimum atomic E-state index is -1.04. The number of halogens is 2. The van der Waals surface area contributed by atoms with Crippen LogP contribution in [0.5, 0.6) is 17.2 Å². The predicted molar refractivity (Wildman–Crippen MR) is 119 cm³/mol. The van der Waals surface area contributed by atoms with Crippen molar-refractivity contribution in [1.29, 1.82) is 5.26 Å². The third kappa shape index (κ3) is 4.55. The molecule has 0 spiro atoms. The lowest BCUT2D eigenvalue weighted by molar-refractivity contribution is 0.0734. The number of hydrogen-bond acceptors (Lipinski definition) is 6. The second-order valence-corrected chi connectivity index (χ2v) is 7.56. The lowest BCUT2D eigenvalue weighted by atomic mass is 9.83. The lowest BCUT2D eigenvalue weighted by Crippen LogP contribution is -2.21. The fourth-order valence-electron chi connectivity index (χ4n) is 3.61. The molecule has 3 aromatic carbocycles. The van der Waals surface area contributed by atoms with E-state index in [0.29, 0.717) is 29.0 Å². The molecule has 0 saturated carbocycles. The van der Waals surface area contributed by atoms with Crippen molar-refractivity contribution in [2.45, 2.75) is 19.3 Å². The molecule has 0 amide bonds. The van der Waals surface area contributed by atoms with Crippen LogP contribution in [0.3, 0.4) is 0 Å². The van der Waals surface area contributed by atoms with Crippen LogP contribution >= 0.6 is 0 Å². The number of nitrogens with two attached hydrogens (primary N) is 1. The molecule has 0 radical (unpaired) electrons. The number of ether oxygens (including phenoxy) is 3. The highest BCUT2D eigenvalue weighted by molar-refractivity contribution is 5.91. The average molecular weight is 462 g/mol. The first-order chi connectivity index (χ1) is 16.4. The summed E-state index contributed by atoms with van der Waals surface area (Å²) in [4.78, 5) is 12.6. The van der Waals surface area contributed by atoms with Crippen molar-refractivity contribution >= 4 is 5.97 Å². The molecule has 6 nitrogen and oxygen atoms in total. The molecule has 0 aromatic heterocycles. The molecule has 3 aromatic rings. The summed E-state index contributed by atoms with van der Waals surface area (Å²) in [6, 6.07) is 16.5. The van der Waals surface area contributed by atoms with Crippen LogP contribution in [0.15, 0.2) is 72.1 Å². The molecule has 172 valence electrons. The molecule has 0 aliphatic carbocycles. The van der Waals surface area contributed by atoms with Gasteiger partial charge in [-0.3, -0.25) is 0 Å². The zero-order chi connectivity index (χ0) is 24.2. The number of esters is 1. The summed E-state index contributed by atoms with van der Waals surface area (Å²) in [6.07, 6.45) is 0.872. The fourth-order valence-corrected chi connectivity index (χ4v) is 3.61. The fraction of sp³-hybridized carbons (Fsp3) is 0.154. The van der Waals surface area contributed by atoms with Gasteiger partial charge in [-0.25, -0.2) is 13.6 Å². The second-order valence-electron chi connectivity index (χ2n) is 7.56. The van der Waals surface area contributed by atoms with Crippen LogP contribution in [0.1, 0.15) is 40.7 Å². The Kier molecular flexibility index (Phi) is 6.46. The number of hydrogen-bond donors (Lipinski definition) is 1. The molecule has 8 heteroatoms.